The van der Waals surface area contributed by atoms with Gasteiger partial charge in [0.25, 0.3) is 5.91 Å². The third-order valence-corrected chi connectivity index (χ3v) is 3.32. The Hall–Kier alpha value is -2.82. The topological polar surface area (TPSA) is 59.9 Å². The Morgan fingerprint density at radius 1 is 1.04 bits per heavy atom. The molecule has 0 unspecified atom stereocenters. The lowest BCUT2D eigenvalue weighted by Crippen LogP contribution is -2.24. The van der Waals surface area contributed by atoms with Crippen molar-refractivity contribution in [1.82, 2.24) is 5.43 Å². The Morgan fingerprint density at radius 3 is 2.36 bits per heavy atom. The third-order valence-electron chi connectivity index (χ3n) is 3.32. The van der Waals surface area contributed by atoms with E-state index in [-0.39, 0.29) is 12.5 Å². The van der Waals surface area contributed by atoms with E-state index >= 15 is 0 Å². The minimum atomic E-state index is -0.307. The van der Waals surface area contributed by atoms with Crippen molar-refractivity contribution in [3.8, 4) is 11.5 Å². The van der Waals surface area contributed by atoms with Crippen molar-refractivity contribution >= 4 is 12.1 Å². The van der Waals surface area contributed by atoms with Crippen LogP contribution in [-0.2, 0) is 4.79 Å². The molecule has 2 aromatic carbocycles. The fraction of sp³-hybridized carbons (Fsp3) is 0.300. The van der Waals surface area contributed by atoms with Crippen LogP contribution in [0.2, 0.25) is 0 Å². The van der Waals surface area contributed by atoms with E-state index in [1.165, 1.54) is 0 Å². The normalized spacial score (nSPS) is 10.7. The molecule has 0 aliphatic carbocycles. The highest BCUT2D eigenvalue weighted by Crippen LogP contribution is 2.16. The van der Waals surface area contributed by atoms with Gasteiger partial charge >= 0.3 is 0 Å². The van der Waals surface area contributed by atoms with E-state index in [0.29, 0.717) is 12.4 Å². The number of amides is 1. The molecule has 0 aliphatic rings. The maximum atomic E-state index is 11.8. The lowest BCUT2D eigenvalue weighted by Gasteiger charge is -2.07. The zero-order chi connectivity index (χ0) is 18.1. The molecular formula is C20H24N2O3. The molecule has 2 rings (SSSR count). The second-order valence-corrected chi connectivity index (χ2v) is 5.82. The van der Waals surface area contributed by atoms with Crippen molar-refractivity contribution in [2.24, 2.45) is 5.10 Å². The molecular weight excluding hydrogens is 316 g/mol. The number of hydrogen-bond acceptors (Lipinski definition) is 4. The highest BCUT2D eigenvalue weighted by molar-refractivity contribution is 5.83. The summed E-state index contributed by atoms with van der Waals surface area (Å²) in [6.07, 6.45) is 2.55. The molecule has 132 valence electrons. The van der Waals surface area contributed by atoms with Crippen molar-refractivity contribution < 1.29 is 14.3 Å². The largest absolute Gasteiger partial charge is 0.494 e. The summed E-state index contributed by atoms with van der Waals surface area (Å²) < 4.78 is 11.0. The second-order valence-electron chi connectivity index (χ2n) is 5.82. The fourth-order valence-corrected chi connectivity index (χ4v) is 2.25. The molecule has 0 saturated heterocycles. The molecule has 25 heavy (non-hydrogen) atoms. The van der Waals surface area contributed by atoms with E-state index in [1.54, 1.807) is 6.21 Å². The number of hydrazone groups is 1. The van der Waals surface area contributed by atoms with Crippen molar-refractivity contribution in [1.29, 1.82) is 0 Å². The van der Waals surface area contributed by atoms with Crippen LogP contribution in [0, 0.1) is 13.8 Å². The van der Waals surface area contributed by atoms with E-state index in [4.69, 9.17) is 9.47 Å². The van der Waals surface area contributed by atoms with E-state index < -0.39 is 0 Å². The first-order valence-corrected chi connectivity index (χ1v) is 8.32. The van der Waals surface area contributed by atoms with Crippen molar-refractivity contribution in [2.45, 2.75) is 27.2 Å². The molecule has 0 bridgehead atoms. The van der Waals surface area contributed by atoms with Crippen molar-refractivity contribution in [3.05, 3.63) is 59.2 Å². The average molecular weight is 340 g/mol. The summed E-state index contributed by atoms with van der Waals surface area (Å²) in [5.41, 5.74) is 5.52. The highest BCUT2D eigenvalue weighted by Gasteiger charge is 2.02. The number of rotatable bonds is 8. The number of nitrogens with one attached hydrogen (secondary N) is 1. The third kappa shape index (κ3) is 6.67. The van der Waals surface area contributed by atoms with E-state index in [1.807, 2.05) is 50.2 Å². The molecule has 0 aromatic heterocycles. The van der Waals surface area contributed by atoms with Gasteiger partial charge in [0.15, 0.2) is 6.61 Å². The molecule has 2 aromatic rings. The van der Waals surface area contributed by atoms with Crippen LogP contribution in [0.15, 0.2) is 47.6 Å². The number of aryl methyl sites for hydroxylation is 2. The zero-order valence-electron chi connectivity index (χ0n) is 14.9. The van der Waals surface area contributed by atoms with Crippen LogP contribution in [-0.4, -0.2) is 25.3 Å². The van der Waals surface area contributed by atoms with Gasteiger partial charge in [-0.1, -0.05) is 13.0 Å². The summed E-state index contributed by atoms with van der Waals surface area (Å²) in [5, 5.41) is 3.94. The molecule has 5 nitrogen and oxygen atoms in total. The van der Waals surface area contributed by atoms with Gasteiger partial charge in [-0.05, 0) is 73.4 Å². The van der Waals surface area contributed by atoms with E-state index in [9.17, 15) is 4.79 Å². The summed E-state index contributed by atoms with van der Waals surface area (Å²) in [4.78, 5) is 11.8. The van der Waals surface area contributed by atoms with E-state index in [2.05, 4.69) is 23.5 Å². The average Bonchev–Trinajstić information content (AvgIpc) is 2.58. The molecule has 0 fully saturated rings. The van der Waals surface area contributed by atoms with Gasteiger partial charge < -0.3 is 9.47 Å². The summed E-state index contributed by atoms with van der Waals surface area (Å²) in [6.45, 7) is 6.66. The lowest BCUT2D eigenvalue weighted by atomic mass is 10.1. The lowest BCUT2D eigenvalue weighted by molar-refractivity contribution is -0.123. The Balaban J connectivity index is 1.78. The molecule has 0 saturated carbocycles. The first-order valence-electron chi connectivity index (χ1n) is 8.32. The Labute approximate surface area is 148 Å². The Kier molecular flexibility index (Phi) is 7.01. The zero-order valence-corrected chi connectivity index (χ0v) is 14.9. The van der Waals surface area contributed by atoms with Crippen LogP contribution < -0.4 is 14.9 Å². The van der Waals surface area contributed by atoms with Gasteiger partial charge in [0, 0.05) is 0 Å². The SMILES string of the molecule is CCCOc1ccc(/C=N/NC(=O)COc2cc(C)cc(C)c2)cc1. The molecule has 1 amide bonds. The summed E-state index contributed by atoms with van der Waals surface area (Å²) in [7, 11) is 0. The number of carbonyl (C=O) groups excluding carboxylic acids is 1. The van der Waals surface area contributed by atoms with Crippen molar-refractivity contribution in [2.75, 3.05) is 13.2 Å². The summed E-state index contributed by atoms with van der Waals surface area (Å²) in [5.74, 6) is 1.20. The minimum Gasteiger partial charge on any atom is -0.494 e. The number of nitrogens with zero attached hydrogens (tertiary/aromatic N) is 1. The van der Waals surface area contributed by atoms with Gasteiger partial charge in [-0.2, -0.15) is 5.10 Å². The second kappa shape index (κ2) is 9.47. The van der Waals surface area contributed by atoms with Crippen LogP contribution in [0.3, 0.4) is 0 Å². The van der Waals surface area contributed by atoms with Crippen molar-refractivity contribution in [3.63, 3.8) is 0 Å². The maximum absolute atomic E-state index is 11.8. The van der Waals surface area contributed by atoms with Crippen LogP contribution in [0.1, 0.15) is 30.0 Å². The van der Waals surface area contributed by atoms with Crippen LogP contribution in [0.25, 0.3) is 0 Å². The predicted octanol–water partition coefficient (Wildman–Crippen LogP) is 3.62. The fourth-order valence-electron chi connectivity index (χ4n) is 2.25. The standard InChI is InChI=1S/C20H24N2O3/c1-4-9-24-18-7-5-17(6-8-18)13-21-22-20(23)14-25-19-11-15(2)10-16(3)12-19/h5-8,10-13H,4,9,14H2,1-3H3,(H,22,23)/b21-13+. The first-order chi connectivity index (χ1) is 12.1. The number of hydrogen-bond donors (Lipinski definition) is 1. The monoisotopic (exact) mass is 340 g/mol. The first kappa shape index (κ1) is 18.5. The van der Waals surface area contributed by atoms with Gasteiger partial charge in [0.2, 0.25) is 0 Å². The Morgan fingerprint density at radius 2 is 1.72 bits per heavy atom. The molecule has 0 aliphatic heterocycles. The van der Waals surface area contributed by atoms with Gasteiger partial charge in [-0.3, -0.25) is 4.79 Å². The van der Waals surface area contributed by atoms with Gasteiger partial charge in [-0.25, -0.2) is 5.43 Å². The van der Waals surface area contributed by atoms with Gasteiger partial charge in [-0.15, -0.1) is 0 Å². The maximum Gasteiger partial charge on any atom is 0.277 e. The molecule has 0 spiro atoms. The summed E-state index contributed by atoms with van der Waals surface area (Å²) in [6, 6.07) is 13.4. The number of benzene rings is 2. The van der Waals surface area contributed by atoms with E-state index in [0.717, 1.165) is 28.9 Å². The van der Waals surface area contributed by atoms with Crippen LogP contribution >= 0.6 is 0 Å². The molecule has 0 radical (unpaired) electrons. The number of ether oxygens (including phenoxy) is 2. The minimum absolute atomic E-state index is 0.0793. The quantitative estimate of drug-likeness (QED) is 0.590. The van der Waals surface area contributed by atoms with Crippen LogP contribution in [0.4, 0.5) is 0 Å². The predicted molar refractivity (Wildman–Crippen MR) is 99.4 cm³/mol. The molecule has 5 heteroatoms. The molecule has 0 atom stereocenters. The molecule has 0 heterocycles. The molecule has 1 N–H and O–H groups in total. The summed E-state index contributed by atoms with van der Waals surface area (Å²) >= 11 is 0. The highest BCUT2D eigenvalue weighted by atomic mass is 16.5. The smallest absolute Gasteiger partial charge is 0.277 e. The van der Waals surface area contributed by atoms with Gasteiger partial charge in [0.05, 0.1) is 12.8 Å². The van der Waals surface area contributed by atoms with Crippen LogP contribution in [0.5, 0.6) is 11.5 Å². The number of carbonyl (C=O) groups is 1. The van der Waals surface area contributed by atoms with Gasteiger partial charge in [0.1, 0.15) is 11.5 Å². The Bertz CT molecular complexity index is 704.